The van der Waals surface area contributed by atoms with Gasteiger partial charge in [-0.15, -0.1) is 0 Å². The summed E-state index contributed by atoms with van der Waals surface area (Å²) < 4.78 is 32.2. The number of nitrogens with two attached hydrogens (primary N) is 1. The summed E-state index contributed by atoms with van der Waals surface area (Å²) in [4.78, 5) is 0.240. The molecule has 0 aromatic heterocycles. The first kappa shape index (κ1) is 14.3. The molecule has 0 heterocycles. The van der Waals surface area contributed by atoms with Crippen molar-refractivity contribution in [2.75, 3.05) is 7.11 Å². The fraction of sp³-hybridized carbons (Fsp3) is 0.538. The number of hydrogen-bond donors (Lipinski definition) is 2. The number of methoxy groups -OCH3 is 1. The second-order valence-corrected chi connectivity index (χ2v) is 7.23. The van der Waals surface area contributed by atoms with Gasteiger partial charge >= 0.3 is 0 Å². The van der Waals surface area contributed by atoms with Crippen molar-refractivity contribution in [3.8, 4) is 5.75 Å². The third-order valence-electron chi connectivity index (χ3n) is 4.01. The molecule has 5 nitrogen and oxygen atoms in total. The molecular weight excluding hydrogens is 264 g/mol. The van der Waals surface area contributed by atoms with Crippen LogP contribution in [0.15, 0.2) is 29.2 Å². The first-order valence-corrected chi connectivity index (χ1v) is 7.67. The summed E-state index contributed by atoms with van der Waals surface area (Å²) in [6.07, 6.45) is 0.669. The highest BCUT2D eigenvalue weighted by molar-refractivity contribution is 7.89. The average Bonchev–Trinajstić information content (AvgIpc) is 2.38. The van der Waals surface area contributed by atoms with Crippen molar-refractivity contribution in [3.63, 3.8) is 0 Å². The van der Waals surface area contributed by atoms with Gasteiger partial charge < -0.3 is 10.5 Å². The topological polar surface area (TPSA) is 81.4 Å². The predicted molar refractivity (Wildman–Crippen MR) is 73.5 cm³/mol. The highest BCUT2D eigenvalue weighted by atomic mass is 32.2. The lowest BCUT2D eigenvalue weighted by molar-refractivity contribution is 0.0903. The minimum Gasteiger partial charge on any atom is -0.497 e. The van der Waals surface area contributed by atoms with Crippen molar-refractivity contribution in [2.45, 2.75) is 37.2 Å². The van der Waals surface area contributed by atoms with Crippen LogP contribution >= 0.6 is 0 Å². The molecule has 1 aliphatic carbocycles. The SMILES string of the molecule is COc1ccc(S(=O)(=O)NC2CC(N)C2(C)C)cc1. The van der Waals surface area contributed by atoms with E-state index in [0.29, 0.717) is 12.2 Å². The Bertz CT molecular complexity index is 552. The Morgan fingerprint density at radius 3 is 2.32 bits per heavy atom. The predicted octanol–water partition coefficient (Wildman–Crippen LogP) is 1.10. The van der Waals surface area contributed by atoms with Crippen LogP contribution in [0.1, 0.15) is 20.3 Å². The molecule has 0 amide bonds. The molecule has 1 aliphatic rings. The lowest BCUT2D eigenvalue weighted by Crippen LogP contribution is -2.64. The summed E-state index contributed by atoms with van der Waals surface area (Å²) in [5.74, 6) is 0.630. The van der Waals surface area contributed by atoms with Crippen molar-refractivity contribution >= 4 is 10.0 Å². The van der Waals surface area contributed by atoms with Crippen molar-refractivity contribution in [1.29, 1.82) is 0 Å². The summed E-state index contributed by atoms with van der Waals surface area (Å²) in [5.41, 5.74) is 5.68. The Kier molecular flexibility index (Phi) is 3.59. The van der Waals surface area contributed by atoms with Crippen LogP contribution in [0.3, 0.4) is 0 Å². The fourth-order valence-electron chi connectivity index (χ4n) is 2.17. The van der Waals surface area contributed by atoms with Gasteiger partial charge in [-0.2, -0.15) is 0 Å². The molecule has 0 saturated heterocycles. The zero-order chi connectivity index (χ0) is 14.3. The van der Waals surface area contributed by atoms with Crippen molar-refractivity contribution in [3.05, 3.63) is 24.3 Å². The van der Waals surface area contributed by atoms with Gasteiger partial charge in [-0.05, 0) is 36.1 Å². The van der Waals surface area contributed by atoms with Gasteiger partial charge in [0, 0.05) is 12.1 Å². The maximum atomic E-state index is 12.2. The van der Waals surface area contributed by atoms with Crippen molar-refractivity contribution in [2.24, 2.45) is 11.1 Å². The molecule has 2 unspecified atom stereocenters. The van der Waals surface area contributed by atoms with Crippen LogP contribution in [0, 0.1) is 5.41 Å². The van der Waals surface area contributed by atoms with Crippen LogP contribution < -0.4 is 15.2 Å². The molecule has 1 saturated carbocycles. The third kappa shape index (κ3) is 2.61. The molecule has 2 atom stereocenters. The summed E-state index contributed by atoms with van der Waals surface area (Å²) >= 11 is 0. The van der Waals surface area contributed by atoms with E-state index in [1.165, 1.54) is 12.1 Å². The molecule has 1 aromatic rings. The van der Waals surface area contributed by atoms with Crippen molar-refractivity contribution in [1.82, 2.24) is 4.72 Å². The summed E-state index contributed by atoms with van der Waals surface area (Å²) in [5, 5.41) is 0. The van der Waals surface area contributed by atoms with E-state index in [9.17, 15) is 8.42 Å². The van der Waals surface area contributed by atoms with E-state index in [1.807, 2.05) is 13.8 Å². The molecule has 6 heteroatoms. The molecule has 19 heavy (non-hydrogen) atoms. The van der Waals surface area contributed by atoms with Gasteiger partial charge in [0.25, 0.3) is 0 Å². The van der Waals surface area contributed by atoms with Gasteiger partial charge in [0.15, 0.2) is 0 Å². The van der Waals surface area contributed by atoms with Crippen LogP contribution in [0.5, 0.6) is 5.75 Å². The van der Waals surface area contributed by atoms with Crippen LogP contribution in [0.4, 0.5) is 0 Å². The Morgan fingerprint density at radius 2 is 1.89 bits per heavy atom. The molecule has 1 aromatic carbocycles. The van der Waals surface area contributed by atoms with E-state index in [0.717, 1.165) is 0 Å². The summed E-state index contributed by atoms with van der Waals surface area (Å²) in [6, 6.07) is 6.25. The quantitative estimate of drug-likeness (QED) is 0.867. The molecule has 3 N–H and O–H groups in total. The zero-order valence-corrected chi connectivity index (χ0v) is 12.2. The molecule has 0 aliphatic heterocycles. The maximum Gasteiger partial charge on any atom is 0.240 e. The zero-order valence-electron chi connectivity index (χ0n) is 11.4. The number of benzene rings is 1. The second-order valence-electron chi connectivity index (χ2n) is 5.51. The third-order valence-corrected chi connectivity index (χ3v) is 5.50. The van der Waals surface area contributed by atoms with Gasteiger partial charge in [-0.1, -0.05) is 13.8 Å². The largest absolute Gasteiger partial charge is 0.497 e. The van der Waals surface area contributed by atoms with Crippen LogP contribution in [-0.2, 0) is 10.0 Å². The highest BCUT2D eigenvalue weighted by Crippen LogP contribution is 2.39. The summed E-state index contributed by atoms with van der Waals surface area (Å²) in [6.45, 7) is 3.95. The van der Waals surface area contributed by atoms with E-state index in [2.05, 4.69) is 4.72 Å². The first-order chi connectivity index (χ1) is 8.77. The fourth-order valence-corrected chi connectivity index (χ4v) is 3.57. The second kappa shape index (κ2) is 4.77. The van der Waals surface area contributed by atoms with Crippen LogP contribution in [-0.4, -0.2) is 27.6 Å². The number of ether oxygens (including phenoxy) is 1. The number of sulfonamides is 1. The number of nitrogens with one attached hydrogen (secondary N) is 1. The molecule has 106 valence electrons. The van der Waals surface area contributed by atoms with Crippen LogP contribution in [0.25, 0.3) is 0 Å². The van der Waals surface area contributed by atoms with Crippen molar-refractivity contribution < 1.29 is 13.2 Å². The lowest BCUT2D eigenvalue weighted by Gasteiger charge is -2.50. The van der Waals surface area contributed by atoms with E-state index < -0.39 is 10.0 Å². The highest BCUT2D eigenvalue weighted by Gasteiger charge is 2.47. The van der Waals surface area contributed by atoms with Gasteiger partial charge in [0.2, 0.25) is 10.0 Å². The minimum absolute atomic E-state index is 0.0380. The molecule has 2 rings (SSSR count). The Labute approximate surface area is 114 Å². The Hall–Kier alpha value is -1.11. The van der Waals surface area contributed by atoms with E-state index in [-0.39, 0.29) is 22.4 Å². The van der Waals surface area contributed by atoms with E-state index in [1.54, 1.807) is 19.2 Å². The smallest absolute Gasteiger partial charge is 0.240 e. The van der Waals surface area contributed by atoms with E-state index in [4.69, 9.17) is 10.5 Å². The molecule has 0 radical (unpaired) electrons. The summed E-state index contributed by atoms with van der Waals surface area (Å²) in [7, 11) is -1.96. The van der Waals surface area contributed by atoms with Gasteiger partial charge in [0.1, 0.15) is 5.75 Å². The molecule has 0 bridgehead atoms. The average molecular weight is 284 g/mol. The van der Waals surface area contributed by atoms with Gasteiger partial charge in [-0.25, -0.2) is 13.1 Å². The monoisotopic (exact) mass is 284 g/mol. The lowest BCUT2D eigenvalue weighted by atomic mass is 9.64. The van der Waals surface area contributed by atoms with Gasteiger partial charge in [0.05, 0.1) is 12.0 Å². The normalized spacial score (nSPS) is 25.7. The van der Waals surface area contributed by atoms with Crippen LogP contribution in [0.2, 0.25) is 0 Å². The van der Waals surface area contributed by atoms with E-state index >= 15 is 0 Å². The molecule has 1 fully saturated rings. The molecular formula is C13H20N2O3S. The first-order valence-electron chi connectivity index (χ1n) is 6.19. The standard InChI is InChI=1S/C13H20N2O3S/c1-13(2)11(14)8-12(13)15-19(16,17)10-6-4-9(18-3)5-7-10/h4-7,11-12,15H,8,14H2,1-3H3. The molecule has 0 spiro atoms. The van der Waals surface area contributed by atoms with Gasteiger partial charge in [-0.3, -0.25) is 0 Å². The Balaban J connectivity index is 2.14. The maximum absolute atomic E-state index is 12.2. The number of rotatable bonds is 4. The Morgan fingerprint density at radius 1 is 1.32 bits per heavy atom. The number of hydrogen-bond acceptors (Lipinski definition) is 4. The minimum atomic E-state index is -3.50.